The van der Waals surface area contributed by atoms with Gasteiger partial charge in [0.05, 0.1) is 0 Å². The average Bonchev–Trinajstić information content (AvgIpc) is 3.20. The van der Waals surface area contributed by atoms with Crippen molar-refractivity contribution in [2.75, 3.05) is 0 Å². The van der Waals surface area contributed by atoms with Crippen LogP contribution in [0, 0.1) is 5.92 Å². The van der Waals surface area contributed by atoms with Crippen LogP contribution in [0.25, 0.3) is 11.1 Å². The van der Waals surface area contributed by atoms with Crippen molar-refractivity contribution in [3.8, 4) is 17.0 Å². The summed E-state index contributed by atoms with van der Waals surface area (Å²) in [5.74, 6) is 0.0716. The lowest BCUT2D eigenvalue weighted by Gasteiger charge is -2.11. The monoisotopic (exact) mass is 292 g/mol. The third-order valence-electron chi connectivity index (χ3n) is 3.45. The van der Waals surface area contributed by atoms with Crippen LogP contribution in [0.1, 0.15) is 12.8 Å². The Morgan fingerprint density at radius 3 is 2.65 bits per heavy atom. The molecule has 0 aliphatic heterocycles. The number of nitrogens with one attached hydrogen (secondary N) is 1. The molecule has 0 saturated heterocycles. The molecule has 2 N–H and O–H groups in total. The van der Waals surface area contributed by atoms with Crippen LogP contribution >= 0.6 is 11.6 Å². The molecule has 0 bridgehead atoms. The van der Waals surface area contributed by atoms with E-state index in [1.807, 2.05) is 0 Å². The van der Waals surface area contributed by atoms with Gasteiger partial charge < -0.3 is 5.11 Å². The summed E-state index contributed by atoms with van der Waals surface area (Å²) in [5.41, 5.74) is -0.767. The fraction of sp³-hybridized carbons (Fsp3) is 0.286. The Hall–Kier alpha value is -2.01. The molecule has 0 amide bonds. The van der Waals surface area contributed by atoms with Crippen LogP contribution in [0.2, 0.25) is 5.02 Å². The molecule has 104 valence electrons. The van der Waals surface area contributed by atoms with Crippen molar-refractivity contribution in [2.45, 2.75) is 19.4 Å². The van der Waals surface area contributed by atoms with Gasteiger partial charge in [-0.1, -0.05) is 29.8 Å². The van der Waals surface area contributed by atoms with E-state index in [2.05, 4.69) is 4.98 Å². The van der Waals surface area contributed by atoms with Crippen molar-refractivity contribution in [3.63, 3.8) is 0 Å². The molecule has 5 nitrogen and oxygen atoms in total. The Kier molecular flexibility index (Phi) is 3.14. The van der Waals surface area contributed by atoms with Gasteiger partial charge in [-0.05, 0) is 24.8 Å². The highest BCUT2D eigenvalue weighted by Gasteiger charge is 2.25. The van der Waals surface area contributed by atoms with Crippen LogP contribution < -0.4 is 11.2 Å². The molecule has 1 saturated carbocycles. The highest BCUT2D eigenvalue weighted by atomic mass is 35.5. The van der Waals surface area contributed by atoms with E-state index in [0.717, 1.165) is 12.8 Å². The summed E-state index contributed by atoms with van der Waals surface area (Å²) in [7, 11) is 0. The Morgan fingerprint density at radius 2 is 2.00 bits per heavy atom. The SMILES string of the molecule is O=c1[nH]c(=O)n(CC2CC2)c(O)c1-c1ccccc1Cl. The van der Waals surface area contributed by atoms with E-state index in [0.29, 0.717) is 23.0 Å². The van der Waals surface area contributed by atoms with Gasteiger partial charge in [-0.2, -0.15) is 0 Å². The third-order valence-corrected chi connectivity index (χ3v) is 3.78. The van der Waals surface area contributed by atoms with Gasteiger partial charge in [-0.15, -0.1) is 0 Å². The van der Waals surface area contributed by atoms with Gasteiger partial charge in [-0.3, -0.25) is 14.3 Å². The maximum absolute atomic E-state index is 12.0. The minimum Gasteiger partial charge on any atom is -0.494 e. The summed E-state index contributed by atoms with van der Waals surface area (Å²) in [4.78, 5) is 26.0. The van der Waals surface area contributed by atoms with Gasteiger partial charge in [0.2, 0.25) is 5.88 Å². The van der Waals surface area contributed by atoms with Crippen molar-refractivity contribution >= 4 is 11.6 Å². The Bertz CT molecular complexity index is 775. The Morgan fingerprint density at radius 1 is 1.30 bits per heavy atom. The summed E-state index contributed by atoms with van der Waals surface area (Å²) in [6, 6.07) is 6.72. The van der Waals surface area contributed by atoms with E-state index in [4.69, 9.17) is 11.6 Å². The molecule has 2 aromatic rings. The predicted molar refractivity (Wildman–Crippen MR) is 76.2 cm³/mol. The molecule has 1 aromatic heterocycles. The summed E-state index contributed by atoms with van der Waals surface area (Å²) in [6.07, 6.45) is 2.07. The van der Waals surface area contributed by atoms with Crippen molar-refractivity contribution < 1.29 is 5.11 Å². The van der Waals surface area contributed by atoms with Gasteiger partial charge in [0.25, 0.3) is 5.56 Å². The maximum atomic E-state index is 12.0. The van der Waals surface area contributed by atoms with Crippen molar-refractivity contribution in [3.05, 3.63) is 50.1 Å². The molecule has 1 aliphatic carbocycles. The number of hydrogen-bond donors (Lipinski definition) is 2. The van der Waals surface area contributed by atoms with E-state index in [-0.39, 0.29) is 11.4 Å². The molecule has 1 heterocycles. The second-order valence-electron chi connectivity index (χ2n) is 4.99. The van der Waals surface area contributed by atoms with Crippen molar-refractivity contribution in [1.82, 2.24) is 9.55 Å². The minimum atomic E-state index is -0.632. The largest absolute Gasteiger partial charge is 0.494 e. The third kappa shape index (κ3) is 2.25. The van der Waals surface area contributed by atoms with E-state index < -0.39 is 11.2 Å². The number of benzene rings is 1. The number of H-pyrrole nitrogens is 1. The molecule has 0 unspecified atom stereocenters. The fourth-order valence-corrected chi connectivity index (χ4v) is 2.42. The first-order valence-corrected chi connectivity index (χ1v) is 6.76. The molecule has 6 heteroatoms. The molecule has 1 aliphatic rings. The van der Waals surface area contributed by atoms with Gasteiger partial charge in [0.1, 0.15) is 5.56 Å². The molecule has 0 radical (unpaired) electrons. The quantitative estimate of drug-likeness (QED) is 0.908. The van der Waals surface area contributed by atoms with E-state index >= 15 is 0 Å². The predicted octanol–water partition coefficient (Wildman–Crippen LogP) is 1.97. The number of rotatable bonds is 3. The highest BCUT2D eigenvalue weighted by Crippen LogP contribution is 2.34. The van der Waals surface area contributed by atoms with E-state index in [1.165, 1.54) is 4.57 Å². The zero-order chi connectivity index (χ0) is 14.3. The molecule has 20 heavy (non-hydrogen) atoms. The number of aromatic nitrogens is 2. The molecule has 1 aromatic carbocycles. The first kappa shape index (κ1) is 13.0. The Labute approximate surface area is 119 Å². The molecule has 0 spiro atoms. The summed E-state index contributed by atoms with van der Waals surface area (Å²) < 4.78 is 1.21. The normalized spacial score (nSPS) is 14.4. The van der Waals surface area contributed by atoms with Crippen LogP contribution in [-0.2, 0) is 6.54 Å². The molecular formula is C14H13ClN2O3. The summed E-state index contributed by atoms with van der Waals surface area (Å²) in [6.45, 7) is 0.416. The topological polar surface area (TPSA) is 75.1 Å². The van der Waals surface area contributed by atoms with Gasteiger partial charge in [-0.25, -0.2) is 4.79 Å². The molecular weight excluding hydrogens is 280 g/mol. The maximum Gasteiger partial charge on any atom is 0.331 e. The van der Waals surface area contributed by atoms with Crippen molar-refractivity contribution in [2.24, 2.45) is 5.92 Å². The zero-order valence-corrected chi connectivity index (χ0v) is 11.4. The molecule has 0 atom stereocenters. The second kappa shape index (κ2) is 4.83. The van der Waals surface area contributed by atoms with Crippen molar-refractivity contribution in [1.29, 1.82) is 0 Å². The van der Waals surface area contributed by atoms with E-state index in [9.17, 15) is 14.7 Å². The lowest BCUT2D eigenvalue weighted by Crippen LogP contribution is -2.31. The van der Waals surface area contributed by atoms with Crippen LogP contribution in [0.15, 0.2) is 33.9 Å². The van der Waals surface area contributed by atoms with E-state index in [1.54, 1.807) is 24.3 Å². The molecule has 3 rings (SSSR count). The Balaban J connectivity index is 2.22. The number of halogens is 1. The van der Waals surface area contributed by atoms with Gasteiger partial charge in [0, 0.05) is 17.1 Å². The summed E-state index contributed by atoms with van der Waals surface area (Å²) >= 11 is 6.06. The van der Waals surface area contributed by atoms with Crippen LogP contribution in [0.4, 0.5) is 0 Å². The lowest BCUT2D eigenvalue weighted by molar-refractivity contribution is 0.395. The fourth-order valence-electron chi connectivity index (χ4n) is 2.19. The smallest absolute Gasteiger partial charge is 0.331 e. The first-order chi connectivity index (χ1) is 9.58. The lowest BCUT2D eigenvalue weighted by atomic mass is 10.1. The number of hydrogen-bond acceptors (Lipinski definition) is 3. The number of nitrogens with zero attached hydrogens (tertiary/aromatic N) is 1. The average molecular weight is 293 g/mol. The minimum absolute atomic E-state index is 0.0378. The number of aromatic hydroxyl groups is 1. The van der Waals surface area contributed by atoms with Crippen LogP contribution in [-0.4, -0.2) is 14.7 Å². The van der Waals surface area contributed by atoms with Crippen LogP contribution in [0.3, 0.4) is 0 Å². The highest BCUT2D eigenvalue weighted by molar-refractivity contribution is 6.33. The zero-order valence-electron chi connectivity index (χ0n) is 10.6. The number of aromatic amines is 1. The molecule has 1 fully saturated rings. The second-order valence-corrected chi connectivity index (χ2v) is 5.40. The standard InChI is InChI=1S/C14H13ClN2O3/c15-10-4-2-1-3-9(10)11-12(18)16-14(20)17(13(11)19)7-8-5-6-8/h1-4,8,19H,5-7H2,(H,16,18,20). The summed E-state index contributed by atoms with van der Waals surface area (Å²) in [5, 5.41) is 10.6. The van der Waals surface area contributed by atoms with Gasteiger partial charge in [0.15, 0.2) is 0 Å². The first-order valence-electron chi connectivity index (χ1n) is 6.39. The van der Waals surface area contributed by atoms with Gasteiger partial charge >= 0.3 is 5.69 Å². The van der Waals surface area contributed by atoms with Crippen LogP contribution in [0.5, 0.6) is 5.88 Å².